The predicted molar refractivity (Wildman–Crippen MR) is 108 cm³/mol. The number of piperidine rings is 1. The van der Waals surface area contributed by atoms with Gasteiger partial charge in [-0.1, -0.05) is 31.2 Å². The summed E-state index contributed by atoms with van der Waals surface area (Å²) in [4.78, 5) is 19.4. The molecule has 1 fully saturated rings. The molecule has 6 heteroatoms. The smallest absolute Gasteiger partial charge is 0.276 e. The molecule has 1 aromatic carbocycles. The Bertz CT molecular complexity index is 958. The van der Waals surface area contributed by atoms with Crippen LogP contribution in [0.25, 0.3) is 16.9 Å². The largest absolute Gasteiger partial charge is 0.337 e. The lowest BCUT2D eigenvalue weighted by molar-refractivity contribution is 0.0692. The second-order valence-electron chi connectivity index (χ2n) is 7.44. The zero-order valence-electron chi connectivity index (χ0n) is 16.4. The van der Waals surface area contributed by atoms with E-state index in [1.54, 1.807) is 17.1 Å². The molecule has 4 rings (SSSR count). The minimum atomic E-state index is -0.0522. The molecule has 1 aliphatic heterocycles. The van der Waals surface area contributed by atoms with Gasteiger partial charge in [-0.25, -0.2) is 4.68 Å². The number of rotatable bonds is 4. The van der Waals surface area contributed by atoms with Gasteiger partial charge < -0.3 is 4.90 Å². The van der Waals surface area contributed by atoms with E-state index in [1.165, 1.54) is 5.56 Å². The monoisotopic (exact) mass is 375 g/mol. The van der Waals surface area contributed by atoms with Crippen LogP contribution in [0.5, 0.6) is 0 Å². The highest BCUT2D eigenvalue weighted by Gasteiger charge is 2.28. The number of pyridine rings is 1. The molecule has 3 aromatic rings. The first kappa shape index (κ1) is 18.3. The van der Waals surface area contributed by atoms with Gasteiger partial charge >= 0.3 is 0 Å². The van der Waals surface area contributed by atoms with E-state index in [9.17, 15) is 4.79 Å². The number of hydrogen-bond acceptors (Lipinski definition) is 4. The standard InChI is InChI=1S/C22H25N5O/c1-3-17-6-4-8-19(14-17)27-21(18-7-5-11-23-15-18)20(24-25-27)22(28)26-12-9-16(2)10-13-26/h4-8,11,14-16H,3,9-10,12-13H2,1-2H3. The third-order valence-electron chi connectivity index (χ3n) is 5.44. The van der Waals surface area contributed by atoms with Crippen LogP contribution in [0, 0.1) is 5.92 Å². The van der Waals surface area contributed by atoms with E-state index in [0.717, 1.165) is 43.6 Å². The third kappa shape index (κ3) is 3.54. The van der Waals surface area contributed by atoms with Crippen molar-refractivity contribution >= 4 is 5.91 Å². The number of likely N-dealkylation sites (tertiary alicyclic amines) is 1. The van der Waals surface area contributed by atoms with Crippen LogP contribution in [-0.2, 0) is 6.42 Å². The summed E-state index contributed by atoms with van der Waals surface area (Å²) < 4.78 is 1.76. The van der Waals surface area contributed by atoms with Gasteiger partial charge in [0, 0.05) is 31.0 Å². The summed E-state index contributed by atoms with van der Waals surface area (Å²) in [5.41, 5.74) is 4.04. The number of benzene rings is 1. The van der Waals surface area contributed by atoms with Crippen molar-refractivity contribution in [1.82, 2.24) is 24.9 Å². The summed E-state index contributed by atoms with van der Waals surface area (Å²) >= 11 is 0. The molecule has 1 aliphatic rings. The first-order valence-corrected chi connectivity index (χ1v) is 9.92. The molecular weight excluding hydrogens is 350 g/mol. The van der Waals surface area contributed by atoms with E-state index in [4.69, 9.17) is 0 Å². The fourth-order valence-corrected chi connectivity index (χ4v) is 3.64. The van der Waals surface area contributed by atoms with Gasteiger partial charge in [-0.2, -0.15) is 0 Å². The van der Waals surface area contributed by atoms with Gasteiger partial charge in [0.25, 0.3) is 5.91 Å². The quantitative estimate of drug-likeness (QED) is 0.696. The summed E-state index contributed by atoms with van der Waals surface area (Å²) in [7, 11) is 0. The van der Waals surface area contributed by atoms with Gasteiger partial charge in [0.05, 0.1) is 5.69 Å². The Hall–Kier alpha value is -3.02. The molecule has 0 aliphatic carbocycles. The maximum absolute atomic E-state index is 13.3. The first-order chi connectivity index (χ1) is 13.7. The number of hydrogen-bond donors (Lipinski definition) is 0. The maximum Gasteiger partial charge on any atom is 0.276 e. The van der Waals surface area contributed by atoms with Crippen molar-refractivity contribution in [3.05, 3.63) is 60.0 Å². The molecule has 0 unspecified atom stereocenters. The summed E-state index contributed by atoms with van der Waals surface area (Å²) in [6.45, 7) is 5.89. The van der Waals surface area contributed by atoms with Gasteiger partial charge in [-0.15, -0.1) is 5.10 Å². The molecule has 6 nitrogen and oxygen atoms in total. The number of nitrogens with zero attached hydrogens (tertiary/aromatic N) is 5. The highest BCUT2D eigenvalue weighted by atomic mass is 16.2. The van der Waals surface area contributed by atoms with Crippen LogP contribution in [0.15, 0.2) is 48.8 Å². The normalized spacial score (nSPS) is 15.0. The van der Waals surface area contributed by atoms with Gasteiger partial charge in [-0.3, -0.25) is 9.78 Å². The lowest BCUT2D eigenvalue weighted by Gasteiger charge is -2.29. The molecule has 1 amide bonds. The molecular formula is C22H25N5O. The van der Waals surface area contributed by atoms with E-state index in [1.807, 2.05) is 29.2 Å². The number of carbonyl (C=O) groups excluding carboxylic acids is 1. The number of aryl methyl sites for hydroxylation is 1. The zero-order valence-corrected chi connectivity index (χ0v) is 16.4. The van der Waals surface area contributed by atoms with E-state index in [2.05, 4.69) is 41.3 Å². The van der Waals surface area contributed by atoms with Gasteiger partial charge in [-0.05, 0) is 55.0 Å². The Labute approximate surface area is 165 Å². The fourth-order valence-electron chi connectivity index (χ4n) is 3.64. The van der Waals surface area contributed by atoms with E-state index >= 15 is 0 Å². The topological polar surface area (TPSA) is 63.9 Å². The van der Waals surface area contributed by atoms with Gasteiger partial charge in [0.2, 0.25) is 0 Å². The second kappa shape index (κ2) is 7.92. The summed E-state index contributed by atoms with van der Waals surface area (Å²) in [6, 6.07) is 12.0. The van der Waals surface area contributed by atoms with Crippen LogP contribution < -0.4 is 0 Å². The molecule has 0 N–H and O–H groups in total. The van der Waals surface area contributed by atoms with Crippen LogP contribution >= 0.6 is 0 Å². The van der Waals surface area contributed by atoms with Crippen molar-refractivity contribution in [3.8, 4) is 16.9 Å². The average Bonchev–Trinajstić information content (AvgIpc) is 3.19. The Morgan fingerprint density at radius 3 is 2.71 bits per heavy atom. The number of amides is 1. The maximum atomic E-state index is 13.3. The lowest BCUT2D eigenvalue weighted by atomic mass is 9.99. The van der Waals surface area contributed by atoms with Crippen molar-refractivity contribution in [2.45, 2.75) is 33.1 Å². The lowest BCUT2D eigenvalue weighted by Crippen LogP contribution is -2.38. The Morgan fingerprint density at radius 2 is 2.00 bits per heavy atom. The van der Waals surface area contributed by atoms with Crippen LogP contribution in [-0.4, -0.2) is 43.9 Å². The summed E-state index contributed by atoms with van der Waals surface area (Å²) in [5, 5.41) is 8.67. The van der Waals surface area contributed by atoms with Crippen LogP contribution in [0.2, 0.25) is 0 Å². The fraction of sp³-hybridized carbons (Fsp3) is 0.364. The Kier molecular flexibility index (Phi) is 5.19. The zero-order chi connectivity index (χ0) is 19.5. The van der Waals surface area contributed by atoms with Crippen molar-refractivity contribution < 1.29 is 4.79 Å². The molecule has 0 radical (unpaired) electrons. The molecule has 3 heterocycles. The molecule has 0 spiro atoms. The first-order valence-electron chi connectivity index (χ1n) is 9.92. The molecule has 144 valence electrons. The van der Waals surface area contributed by atoms with Crippen LogP contribution in [0.4, 0.5) is 0 Å². The molecule has 0 atom stereocenters. The van der Waals surface area contributed by atoms with E-state index in [0.29, 0.717) is 17.3 Å². The summed E-state index contributed by atoms with van der Waals surface area (Å²) in [5.74, 6) is 0.609. The second-order valence-corrected chi connectivity index (χ2v) is 7.44. The van der Waals surface area contributed by atoms with Crippen molar-refractivity contribution in [2.24, 2.45) is 5.92 Å². The highest BCUT2D eigenvalue weighted by molar-refractivity contribution is 5.98. The van der Waals surface area contributed by atoms with Crippen molar-refractivity contribution in [2.75, 3.05) is 13.1 Å². The number of carbonyl (C=O) groups is 1. The molecule has 28 heavy (non-hydrogen) atoms. The molecule has 0 saturated carbocycles. The molecule has 1 saturated heterocycles. The summed E-state index contributed by atoms with van der Waals surface area (Å²) in [6.07, 6.45) is 6.47. The SMILES string of the molecule is CCc1cccc(-n2nnc(C(=O)N3CCC(C)CC3)c2-c2cccnc2)c1. The van der Waals surface area contributed by atoms with Crippen molar-refractivity contribution in [3.63, 3.8) is 0 Å². The third-order valence-corrected chi connectivity index (χ3v) is 5.44. The van der Waals surface area contributed by atoms with E-state index in [-0.39, 0.29) is 5.91 Å². The molecule has 0 bridgehead atoms. The Morgan fingerprint density at radius 1 is 1.18 bits per heavy atom. The average molecular weight is 375 g/mol. The van der Waals surface area contributed by atoms with Crippen LogP contribution in [0.3, 0.4) is 0 Å². The highest BCUT2D eigenvalue weighted by Crippen LogP contribution is 2.27. The number of aromatic nitrogens is 4. The Balaban J connectivity index is 1.79. The minimum absolute atomic E-state index is 0.0522. The molecule has 2 aromatic heterocycles. The van der Waals surface area contributed by atoms with Crippen molar-refractivity contribution in [1.29, 1.82) is 0 Å². The van der Waals surface area contributed by atoms with Crippen LogP contribution in [0.1, 0.15) is 42.7 Å². The van der Waals surface area contributed by atoms with Gasteiger partial charge in [0.15, 0.2) is 5.69 Å². The predicted octanol–water partition coefficient (Wildman–Crippen LogP) is 3.76. The van der Waals surface area contributed by atoms with E-state index < -0.39 is 0 Å². The van der Waals surface area contributed by atoms with Gasteiger partial charge in [0.1, 0.15) is 5.69 Å². The minimum Gasteiger partial charge on any atom is -0.337 e.